The van der Waals surface area contributed by atoms with Crippen molar-refractivity contribution < 1.29 is 27.6 Å². The van der Waals surface area contributed by atoms with E-state index in [1.54, 1.807) is 30.3 Å². The van der Waals surface area contributed by atoms with Crippen LogP contribution in [0.4, 0.5) is 13.2 Å². The zero-order valence-electron chi connectivity index (χ0n) is 16.0. The van der Waals surface area contributed by atoms with E-state index >= 15 is 0 Å². The van der Waals surface area contributed by atoms with Gasteiger partial charge in [-0.2, -0.15) is 0 Å². The lowest BCUT2D eigenvalue weighted by molar-refractivity contribution is -0.129. The monoisotopic (exact) mass is 419 g/mol. The SMILES string of the molecule is O=C(NCC(=O)N1CCCN(C(=O)c2ccc(F)c(F)c2F)CC1)c1ccccc1. The summed E-state index contributed by atoms with van der Waals surface area (Å²) < 4.78 is 40.4. The maximum Gasteiger partial charge on any atom is 0.257 e. The van der Waals surface area contributed by atoms with Crippen LogP contribution >= 0.6 is 0 Å². The van der Waals surface area contributed by atoms with Gasteiger partial charge in [0.15, 0.2) is 17.5 Å². The maximum atomic E-state index is 13.9. The fourth-order valence-electron chi connectivity index (χ4n) is 3.19. The van der Waals surface area contributed by atoms with E-state index in [0.29, 0.717) is 24.6 Å². The zero-order valence-corrected chi connectivity index (χ0v) is 16.0. The number of hydrogen-bond acceptors (Lipinski definition) is 3. The quantitative estimate of drug-likeness (QED) is 0.773. The van der Waals surface area contributed by atoms with Crippen molar-refractivity contribution in [2.45, 2.75) is 6.42 Å². The third kappa shape index (κ3) is 4.79. The smallest absolute Gasteiger partial charge is 0.257 e. The van der Waals surface area contributed by atoms with Crippen LogP contribution in [0.3, 0.4) is 0 Å². The van der Waals surface area contributed by atoms with E-state index in [9.17, 15) is 27.6 Å². The molecular formula is C21H20F3N3O3. The minimum Gasteiger partial charge on any atom is -0.343 e. The Kier molecular flexibility index (Phi) is 6.71. The molecule has 0 saturated carbocycles. The van der Waals surface area contributed by atoms with Crippen molar-refractivity contribution in [3.05, 3.63) is 71.0 Å². The van der Waals surface area contributed by atoms with Crippen LogP contribution < -0.4 is 5.32 Å². The molecule has 3 amide bonds. The second-order valence-corrected chi connectivity index (χ2v) is 6.80. The van der Waals surface area contributed by atoms with Crippen LogP contribution in [0.15, 0.2) is 42.5 Å². The molecule has 1 N–H and O–H groups in total. The lowest BCUT2D eigenvalue weighted by atomic mass is 10.1. The molecule has 3 rings (SSSR count). The number of carbonyl (C=O) groups excluding carboxylic acids is 3. The molecule has 1 heterocycles. The lowest BCUT2D eigenvalue weighted by Crippen LogP contribution is -2.42. The molecule has 0 spiro atoms. The van der Waals surface area contributed by atoms with Crippen LogP contribution in [0.5, 0.6) is 0 Å². The van der Waals surface area contributed by atoms with Crippen molar-refractivity contribution in [3.63, 3.8) is 0 Å². The molecule has 0 unspecified atom stereocenters. The van der Waals surface area contributed by atoms with E-state index in [4.69, 9.17) is 0 Å². The van der Waals surface area contributed by atoms with Crippen molar-refractivity contribution in [2.24, 2.45) is 0 Å². The molecule has 0 aliphatic carbocycles. The normalized spacial score (nSPS) is 14.2. The first kappa shape index (κ1) is 21.4. The van der Waals surface area contributed by atoms with E-state index < -0.39 is 28.9 Å². The second kappa shape index (κ2) is 9.43. The average molecular weight is 419 g/mol. The van der Waals surface area contributed by atoms with Crippen molar-refractivity contribution >= 4 is 17.7 Å². The number of nitrogens with one attached hydrogen (secondary N) is 1. The topological polar surface area (TPSA) is 69.7 Å². The summed E-state index contributed by atoms with van der Waals surface area (Å²) in [6, 6.07) is 10.1. The number of nitrogens with zero attached hydrogens (tertiary/aromatic N) is 2. The van der Waals surface area contributed by atoms with Gasteiger partial charge in [0.25, 0.3) is 11.8 Å². The van der Waals surface area contributed by atoms with Crippen LogP contribution in [0.1, 0.15) is 27.1 Å². The minimum absolute atomic E-state index is 0.107. The first-order valence-electron chi connectivity index (χ1n) is 9.42. The molecule has 0 aromatic heterocycles. The summed E-state index contributed by atoms with van der Waals surface area (Å²) in [5, 5.41) is 2.56. The molecule has 1 aliphatic rings. The molecule has 2 aromatic carbocycles. The van der Waals surface area contributed by atoms with Gasteiger partial charge in [0.05, 0.1) is 12.1 Å². The molecule has 1 aliphatic heterocycles. The van der Waals surface area contributed by atoms with Crippen LogP contribution in [0.2, 0.25) is 0 Å². The van der Waals surface area contributed by atoms with Gasteiger partial charge in [0.2, 0.25) is 5.91 Å². The largest absolute Gasteiger partial charge is 0.343 e. The van der Waals surface area contributed by atoms with Gasteiger partial charge in [-0.3, -0.25) is 14.4 Å². The average Bonchev–Trinajstić information content (AvgIpc) is 3.02. The van der Waals surface area contributed by atoms with Crippen molar-refractivity contribution in [3.8, 4) is 0 Å². The molecular weight excluding hydrogens is 399 g/mol. The number of benzene rings is 2. The predicted molar refractivity (Wildman–Crippen MR) is 102 cm³/mol. The summed E-state index contributed by atoms with van der Waals surface area (Å²) in [5.74, 6) is -6.04. The van der Waals surface area contributed by atoms with E-state index in [1.807, 2.05) is 0 Å². The van der Waals surface area contributed by atoms with Gasteiger partial charge in [0, 0.05) is 31.7 Å². The van der Waals surface area contributed by atoms with Crippen molar-refractivity contribution in [1.29, 1.82) is 0 Å². The van der Waals surface area contributed by atoms with Gasteiger partial charge in [0.1, 0.15) is 0 Å². The van der Waals surface area contributed by atoms with E-state index in [1.165, 1.54) is 9.80 Å². The van der Waals surface area contributed by atoms with Gasteiger partial charge >= 0.3 is 0 Å². The maximum absolute atomic E-state index is 13.9. The number of rotatable bonds is 4. The van der Waals surface area contributed by atoms with Crippen molar-refractivity contribution in [2.75, 3.05) is 32.7 Å². The molecule has 30 heavy (non-hydrogen) atoms. The summed E-state index contributed by atoms with van der Waals surface area (Å²) in [6.45, 7) is 0.674. The molecule has 0 atom stereocenters. The molecule has 0 radical (unpaired) electrons. The van der Waals surface area contributed by atoms with Crippen LogP contribution in [-0.2, 0) is 4.79 Å². The standard InChI is InChI=1S/C21H20F3N3O3/c22-16-8-7-15(18(23)19(16)24)21(30)27-10-4-9-26(11-12-27)17(28)13-25-20(29)14-5-2-1-3-6-14/h1-3,5-8H,4,9-13H2,(H,25,29). The summed E-state index contributed by atoms with van der Waals surface area (Å²) >= 11 is 0. The summed E-state index contributed by atoms with van der Waals surface area (Å²) in [5.41, 5.74) is -0.115. The third-order valence-electron chi connectivity index (χ3n) is 4.84. The highest BCUT2D eigenvalue weighted by atomic mass is 19.2. The van der Waals surface area contributed by atoms with Crippen LogP contribution in [-0.4, -0.2) is 60.2 Å². The number of amides is 3. The lowest BCUT2D eigenvalue weighted by Gasteiger charge is -2.22. The highest BCUT2D eigenvalue weighted by molar-refractivity contribution is 5.96. The zero-order chi connectivity index (χ0) is 21.7. The second-order valence-electron chi connectivity index (χ2n) is 6.80. The predicted octanol–water partition coefficient (Wildman–Crippen LogP) is 2.21. The molecule has 0 bridgehead atoms. The van der Waals surface area contributed by atoms with Gasteiger partial charge < -0.3 is 15.1 Å². The molecule has 1 fully saturated rings. The first-order chi connectivity index (χ1) is 14.4. The molecule has 158 valence electrons. The summed E-state index contributed by atoms with van der Waals surface area (Å²) in [6.07, 6.45) is 0.426. The van der Waals surface area contributed by atoms with E-state index in [0.717, 1.165) is 6.07 Å². The Labute approximate surface area is 171 Å². The van der Waals surface area contributed by atoms with Gasteiger partial charge in [-0.05, 0) is 30.7 Å². The van der Waals surface area contributed by atoms with E-state index in [2.05, 4.69) is 5.32 Å². The fraction of sp³-hybridized carbons (Fsp3) is 0.286. The minimum atomic E-state index is -1.69. The highest BCUT2D eigenvalue weighted by Gasteiger charge is 2.26. The van der Waals surface area contributed by atoms with Crippen LogP contribution in [0.25, 0.3) is 0 Å². The fourth-order valence-corrected chi connectivity index (χ4v) is 3.19. The van der Waals surface area contributed by atoms with Crippen molar-refractivity contribution in [1.82, 2.24) is 15.1 Å². The van der Waals surface area contributed by atoms with Crippen LogP contribution in [0, 0.1) is 17.5 Å². The third-order valence-corrected chi connectivity index (χ3v) is 4.84. The molecule has 1 saturated heterocycles. The first-order valence-corrected chi connectivity index (χ1v) is 9.42. The number of carbonyl (C=O) groups is 3. The van der Waals surface area contributed by atoms with Gasteiger partial charge in [-0.25, -0.2) is 13.2 Å². The number of halogens is 3. The van der Waals surface area contributed by atoms with Gasteiger partial charge in [-0.1, -0.05) is 18.2 Å². The Morgan fingerprint density at radius 3 is 2.23 bits per heavy atom. The molecule has 9 heteroatoms. The van der Waals surface area contributed by atoms with E-state index in [-0.39, 0.29) is 38.0 Å². The Balaban J connectivity index is 1.57. The Morgan fingerprint density at radius 2 is 1.50 bits per heavy atom. The summed E-state index contributed by atoms with van der Waals surface area (Å²) in [4.78, 5) is 39.8. The molecule has 2 aromatic rings. The van der Waals surface area contributed by atoms with Gasteiger partial charge in [-0.15, -0.1) is 0 Å². The Bertz CT molecular complexity index is 953. The Morgan fingerprint density at radius 1 is 0.833 bits per heavy atom. The summed E-state index contributed by atoms with van der Waals surface area (Å²) in [7, 11) is 0. The Hall–Kier alpha value is -3.36. The highest BCUT2D eigenvalue weighted by Crippen LogP contribution is 2.18. The number of hydrogen-bond donors (Lipinski definition) is 1. The molecule has 6 nitrogen and oxygen atoms in total.